The molecule has 5 heteroatoms. The van der Waals surface area contributed by atoms with Gasteiger partial charge in [-0.1, -0.05) is 62.4 Å². The molecule has 0 aliphatic carbocycles. The first-order valence-electron chi connectivity index (χ1n) is 11.8. The summed E-state index contributed by atoms with van der Waals surface area (Å²) in [6, 6.07) is 26.5. The number of hydrogen-bond donors (Lipinski definition) is 1. The Morgan fingerprint density at radius 1 is 0.824 bits per heavy atom. The maximum absolute atomic E-state index is 13.0. The van der Waals surface area contributed by atoms with Gasteiger partial charge >= 0.3 is 0 Å². The molecule has 0 bridgehead atoms. The van der Waals surface area contributed by atoms with E-state index in [2.05, 4.69) is 19.2 Å². The van der Waals surface area contributed by atoms with E-state index in [9.17, 15) is 9.59 Å². The monoisotopic (exact) mass is 459 g/mol. The maximum atomic E-state index is 13.0. The molecule has 0 aliphatic rings. The van der Waals surface area contributed by atoms with Gasteiger partial charge in [-0.25, -0.2) is 0 Å². The molecule has 0 aromatic heterocycles. The summed E-state index contributed by atoms with van der Waals surface area (Å²) >= 11 is 0. The number of ether oxygens (including phenoxy) is 2. The molecule has 0 heterocycles. The normalized spacial score (nSPS) is 11.7. The molecule has 0 saturated heterocycles. The number of carbonyl (C=O) groups excluding carboxylic acids is 2. The summed E-state index contributed by atoms with van der Waals surface area (Å²) in [4.78, 5) is 25.5. The molecule has 0 spiro atoms. The standard InChI is InChI=1S/C29H33NO4/c1-22(2)13-16-26(31)19-24(21-33-20-23-9-5-3-6-10-23)29(32)30-25-14-17-28(18-15-25)34-27-11-7-4-8-12-27/h3-12,14-15,17-18,22,24H,13,16,19-21H2,1-2H3,(H,30,32). The Balaban J connectivity index is 1.58. The molecule has 1 N–H and O–H groups in total. The average molecular weight is 460 g/mol. The summed E-state index contributed by atoms with van der Waals surface area (Å²) in [5.74, 6) is 1.18. The lowest BCUT2D eigenvalue weighted by atomic mass is 9.97. The second-order valence-electron chi connectivity index (χ2n) is 8.80. The van der Waals surface area contributed by atoms with Crippen LogP contribution in [-0.2, 0) is 20.9 Å². The van der Waals surface area contributed by atoms with Crippen LogP contribution in [0.1, 0.15) is 38.7 Å². The molecule has 1 atom stereocenters. The summed E-state index contributed by atoms with van der Waals surface area (Å²) in [5.41, 5.74) is 1.68. The van der Waals surface area contributed by atoms with E-state index in [0.29, 0.717) is 30.4 Å². The largest absolute Gasteiger partial charge is 0.457 e. The Bertz CT molecular complexity index is 1020. The average Bonchev–Trinajstić information content (AvgIpc) is 2.84. The molecule has 3 aromatic carbocycles. The predicted octanol–water partition coefficient (Wildman–Crippen LogP) is 6.65. The van der Waals surface area contributed by atoms with E-state index in [0.717, 1.165) is 17.7 Å². The van der Waals surface area contributed by atoms with E-state index in [1.54, 1.807) is 24.3 Å². The molecule has 0 radical (unpaired) electrons. The topological polar surface area (TPSA) is 64.6 Å². The highest BCUT2D eigenvalue weighted by Gasteiger charge is 2.22. The van der Waals surface area contributed by atoms with E-state index >= 15 is 0 Å². The first-order valence-corrected chi connectivity index (χ1v) is 11.8. The van der Waals surface area contributed by atoms with Crippen LogP contribution in [0.25, 0.3) is 0 Å². The fourth-order valence-corrected chi connectivity index (χ4v) is 3.42. The van der Waals surface area contributed by atoms with E-state index in [-0.39, 0.29) is 24.7 Å². The summed E-state index contributed by atoms with van der Waals surface area (Å²) in [6.45, 7) is 4.76. The minimum Gasteiger partial charge on any atom is -0.457 e. The Labute approximate surface area is 202 Å². The number of anilines is 1. The molecular weight excluding hydrogens is 426 g/mol. The van der Waals surface area contributed by atoms with Gasteiger partial charge in [-0.3, -0.25) is 9.59 Å². The van der Waals surface area contributed by atoms with Gasteiger partial charge in [0.25, 0.3) is 0 Å². The molecule has 1 unspecified atom stereocenters. The van der Waals surface area contributed by atoms with Gasteiger partial charge in [-0.2, -0.15) is 0 Å². The molecular formula is C29H33NO4. The quantitative estimate of drug-likeness (QED) is 0.311. The van der Waals surface area contributed by atoms with Crippen molar-refractivity contribution < 1.29 is 19.1 Å². The summed E-state index contributed by atoms with van der Waals surface area (Å²) in [6.07, 6.45) is 1.47. The zero-order chi connectivity index (χ0) is 24.2. The van der Waals surface area contributed by atoms with Gasteiger partial charge in [-0.15, -0.1) is 0 Å². The van der Waals surface area contributed by atoms with Gasteiger partial charge in [0.2, 0.25) is 5.91 Å². The van der Waals surface area contributed by atoms with Crippen molar-refractivity contribution in [2.75, 3.05) is 11.9 Å². The fourth-order valence-electron chi connectivity index (χ4n) is 3.42. The van der Waals surface area contributed by atoms with Crippen LogP contribution < -0.4 is 10.1 Å². The number of ketones is 1. The van der Waals surface area contributed by atoms with Crippen molar-refractivity contribution >= 4 is 17.4 Å². The lowest BCUT2D eigenvalue weighted by Gasteiger charge is -2.17. The Morgan fingerprint density at radius 3 is 2.09 bits per heavy atom. The smallest absolute Gasteiger partial charge is 0.230 e. The third-order valence-corrected chi connectivity index (χ3v) is 5.38. The third kappa shape index (κ3) is 8.83. The highest BCUT2D eigenvalue weighted by Crippen LogP contribution is 2.23. The molecule has 3 aromatic rings. The first-order chi connectivity index (χ1) is 16.5. The van der Waals surface area contributed by atoms with Crippen molar-refractivity contribution in [3.8, 4) is 11.5 Å². The van der Waals surface area contributed by atoms with Crippen molar-refractivity contribution in [2.45, 2.75) is 39.7 Å². The van der Waals surface area contributed by atoms with Crippen LogP contribution in [-0.4, -0.2) is 18.3 Å². The highest BCUT2D eigenvalue weighted by molar-refractivity contribution is 5.95. The van der Waals surface area contributed by atoms with E-state index in [1.165, 1.54) is 0 Å². The van der Waals surface area contributed by atoms with Gasteiger partial charge in [0.1, 0.15) is 17.3 Å². The number of carbonyl (C=O) groups is 2. The van der Waals surface area contributed by atoms with Gasteiger partial charge in [-0.05, 0) is 54.3 Å². The Hall–Kier alpha value is -3.44. The molecule has 5 nitrogen and oxygen atoms in total. The van der Waals surface area contributed by atoms with Crippen LogP contribution in [0, 0.1) is 11.8 Å². The van der Waals surface area contributed by atoms with Crippen LogP contribution in [0.5, 0.6) is 11.5 Å². The van der Waals surface area contributed by atoms with Gasteiger partial charge < -0.3 is 14.8 Å². The van der Waals surface area contributed by atoms with Gasteiger partial charge in [0.05, 0.1) is 19.1 Å². The van der Waals surface area contributed by atoms with Crippen molar-refractivity contribution in [1.29, 1.82) is 0 Å². The van der Waals surface area contributed by atoms with Gasteiger partial charge in [0.15, 0.2) is 0 Å². The second kappa shape index (κ2) is 13.3. The number of Topliss-reactive ketones (excluding diaryl/α,β-unsaturated/α-hetero) is 1. The van der Waals surface area contributed by atoms with E-state index < -0.39 is 5.92 Å². The number of benzene rings is 3. The van der Waals surface area contributed by atoms with Crippen molar-refractivity contribution in [1.82, 2.24) is 0 Å². The zero-order valence-electron chi connectivity index (χ0n) is 19.9. The molecule has 0 saturated carbocycles. The molecule has 178 valence electrons. The number of amides is 1. The van der Waals surface area contributed by atoms with Gasteiger partial charge in [0, 0.05) is 18.5 Å². The molecule has 34 heavy (non-hydrogen) atoms. The fraction of sp³-hybridized carbons (Fsp3) is 0.310. The van der Waals surface area contributed by atoms with Crippen LogP contribution in [0.2, 0.25) is 0 Å². The van der Waals surface area contributed by atoms with Crippen LogP contribution in [0.15, 0.2) is 84.9 Å². The summed E-state index contributed by atoms with van der Waals surface area (Å²) in [7, 11) is 0. The van der Waals surface area contributed by atoms with Crippen LogP contribution >= 0.6 is 0 Å². The van der Waals surface area contributed by atoms with E-state index in [1.807, 2.05) is 60.7 Å². The third-order valence-electron chi connectivity index (χ3n) is 5.38. The van der Waals surface area contributed by atoms with Crippen molar-refractivity contribution in [3.63, 3.8) is 0 Å². The highest BCUT2D eigenvalue weighted by atomic mass is 16.5. The number of hydrogen-bond acceptors (Lipinski definition) is 4. The SMILES string of the molecule is CC(C)CCC(=O)CC(COCc1ccccc1)C(=O)Nc1ccc(Oc2ccccc2)cc1. The lowest BCUT2D eigenvalue weighted by molar-refractivity contribution is -0.128. The lowest BCUT2D eigenvalue weighted by Crippen LogP contribution is -2.29. The zero-order valence-corrected chi connectivity index (χ0v) is 19.9. The Kier molecular flexibility index (Phi) is 9.86. The number of rotatable bonds is 13. The minimum atomic E-state index is -0.552. The maximum Gasteiger partial charge on any atom is 0.230 e. The van der Waals surface area contributed by atoms with Crippen molar-refractivity contribution in [3.05, 3.63) is 90.5 Å². The molecule has 1 amide bonds. The van der Waals surface area contributed by atoms with Crippen LogP contribution in [0.3, 0.4) is 0 Å². The van der Waals surface area contributed by atoms with E-state index in [4.69, 9.17) is 9.47 Å². The number of nitrogens with one attached hydrogen (secondary N) is 1. The molecule has 0 aliphatic heterocycles. The Morgan fingerprint density at radius 2 is 1.44 bits per heavy atom. The summed E-state index contributed by atoms with van der Waals surface area (Å²) in [5, 5.41) is 2.93. The molecule has 0 fully saturated rings. The summed E-state index contributed by atoms with van der Waals surface area (Å²) < 4.78 is 11.6. The second-order valence-corrected chi connectivity index (χ2v) is 8.80. The minimum absolute atomic E-state index is 0.0868. The van der Waals surface area contributed by atoms with Crippen molar-refractivity contribution in [2.24, 2.45) is 11.8 Å². The first kappa shape index (κ1) is 25.2. The number of para-hydroxylation sites is 1. The predicted molar refractivity (Wildman–Crippen MR) is 135 cm³/mol. The van der Waals surface area contributed by atoms with Crippen LogP contribution in [0.4, 0.5) is 5.69 Å². The molecule has 3 rings (SSSR count).